The predicted molar refractivity (Wildman–Crippen MR) is 175 cm³/mol. The number of amides is 2. The average molecular weight is 656 g/mol. The van der Waals surface area contributed by atoms with Crippen LogP contribution in [0, 0.1) is 11.3 Å². The van der Waals surface area contributed by atoms with E-state index in [2.05, 4.69) is 31.2 Å². The Morgan fingerprint density at radius 2 is 1.66 bits per heavy atom. The van der Waals surface area contributed by atoms with E-state index >= 15 is 0 Å². The highest BCUT2D eigenvalue weighted by Gasteiger charge is 2.42. The van der Waals surface area contributed by atoms with Gasteiger partial charge < -0.3 is 20.4 Å². The summed E-state index contributed by atoms with van der Waals surface area (Å²) < 4.78 is 52.3. The fourth-order valence-electron chi connectivity index (χ4n) is 6.69. The zero-order chi connectivity index (χ0) is 32.3. The Hall–Kier alpha value is -1.89. The van der Waals surface area contributed by atoms with Crippen LogP contribution < -0.4 is 10.6 Å². The molecule has 15 heteroatoms. The van der Waals surface area contributed by atoms with Gasteiger partial charge in [0.25, 0.3) is 0 Å². The lowest BCUT2D eigenvalue weighted by Gasteiger charge is -2.45. The van der Waals surface area contributed by atoms with Gasteiger partial charge in [0.05, 0.1) is 12.8 Å². The molecule has 1 aromatic rings. The van der Waals surface area contributed by atoms with Crippen LogP contribution in [0.15, 0.2) is 18.2 Å². The SMILES string of the molecule is BC(B)(c1cc(Cl)ccc1NCC1CCN(S(C)(=O)=O)CC1)N1CCN(C(=O)CNC(=O)CC2(C)CCC(F)(F)CC2)CC1. The maximum atomic E-state index is 13.5. The molecule has 9 nitrogen and oxygen atoms in total. The Balaban J connectivity index is 1.27. The van der Waals surface area contributed by atoms with Gasteiger partial charge in [0.1, 0.15) is 15.7 Å². The molecular weight excluding hydrogens is 609 g/mol. The number of carbonyl (C=O) groups is 2. The maximum Gasteiger partial charge on any atom is 0.248 e. The van der Waals surface area contributed by atoms with Crippen LogP contribution >= 0.6 is 11.6 Å². The van der Waals surface area contributed by atoms with Crippen molar-refractivity contribution in [2.45, 2.75) is 63.1 Å². The molecule has 0 radical (unpaired) electrons. The fourth-order valence-corrected chi connectivity index (χ4v) is 7.74. The van der Waals surface area contributed by atoms with Gasteiger partial charge >= 0.3 is 0 Å². The number of nitrogens with one attached hydrogen (secondary N) is 2. The zero-order valence-electron chi connectivity index (χ0n) is 26.4. The van der Waals surface area contributed by atoms with Crippen LogP contribution in [0.4, 0.5) is 14.5 Å². The number of piperazine rings is 1. The lowest BCUT2D eigenvalue weighted by molar-refractivity contribution is -0.135. The van der Waals surface area contributed by atoms with E-state index in [1.807, 2.05) is 25.1 Å². The zero-order valence-corrected chi connectivity index (χ0v) is 28.0. The molecule has 0 bridgehead atoms. The van der Waals surface area contributed by atoms with Crippen LogP contribution in [-0.2, 0) is 24.9 Å². The second-order valence-corrected chi connectivity index (χ2v) is 16.1. The van der Waals surface area contributed by atoms with Crippen molar-refractivity contribution in [2.75, 3.05) is 63.9 Å². The second kappa shape index (κ2) is 13.8. The summed E-state index contributed by atoms with van der Waals surface area (Å²) in [5.41, 5.74) is 1.58. The number of nitrogens with zero attached hydrogens (tertiary/aromatic N) is 3. The van der Waals surface area contributed by atoms with Crippen LogP contribution in [-0.4, -0.2) is 115 Å². The molecule has 44 heavy (non-hydrogen) atoms. The highest BCUT2D eigenvalue weighted by atomic mass is 35.5. The number of alkyl halides is 2. The molecule has 4 rings (SSSR count). The molecule has 244 valence electrons. The minimum Gasteiger partial charge on any atom is -0.385 e. The van der Waals surface area contributed by atoms with Crippen molar-refractivity contribution in [1.29, 1.82) is 0 Å². The molecule has 2 aliphatic heterocycles. The molecule has 2 amide bonds. The Bertz CT molecular complexity index is 1300. The number of anilines is 1. The average Bonchev–Trinajstić information content (AvgIpc) is 2.97. The molecular formula is C29H46B2ClF2N5O4S. The molecule has 3 aliphatic rings. The number of hydrogen-bond donors (Lipinski definition) is 2. The van der Waals surface area contributed by atoms with Gasteiger partial charge in [-0.25, -0.2) is 21.5 Å². The van der Waals surface area contributed by atoms with Crippen LogP contribution in [0.2, 0.25) is 5.02 Å². The van der Waals surface area contributed by atoms with E-state index in [0.717, 1.165) is 30.6 Å². The smallest absolute Gasteiger partial charge is 0.248 e. The van der Waals surface area contributed by atoms with Gasteiger partial charge in [0.15, 0.2) is 0 Å². The summed E-state index contributed by atoms with van der Waals surface area (Å²) in [7, 11) is 1.13. The van der Waals surface area contributed by atoms with Gasteiger partial charge in [-0.1, -0.05) is 18.5 Å². The van der Waals surface area contributed by atoms with Crippen molar-refractivity contribution in [1.82, 2.24) is 19.4 Å². The Morgan fingerprint density at radius 3 is 2.25 bits per heavy atom. The third kappa shape index (κ3) is 9.10. The molecule has 2 saturated heterocycles. The topological polar surface area (TPSA) is 102 Å². The van der Waals surface area contributed by atoms with Crippen molar-refractivity contribution >= 4 is 54.8 Å². The number of sulfonamides is 1. The van der Waals surface area contributed by atoms with Gasteiger partial charge in [-0.05, 0) is 66.1 Å². The summed E-state index contributed by atoms with van der Waals surface area (Å²) in [5, 5.41) is 6.57. The number of hydrogen-bond acceptors (Lipinski definition) is 6. The Morgan fingerprint density at radius 1 is 1.05 bits per heavy atom. The van der Waals surface area contributed by atoms with E-state index < -0.39 is 21.4 Å². The van der Waals surface area contributed by atoms with Crippen LogP contribution in [0.1, 0.15) is 57.4 Å². The number of halogens is 3. The van der Waals surface area contributed by atoms with Gasteiger partial charge in [-0.3, -0.25) is 9.59 Å². The third-order valence-corrected chi connectivity index (χ3v) is 11.4. The minimum absolute atomic E-state index is 0.0973. The molecule has 0 unspecified atom stereocenters. The molecule has 2 N–H and O–H groups in total. The highest BCUT2D eigenvalue weighted by Crippen LogP contribution is 2.45. The first kappa shape index (κ1) is 35.0. The second-order valence-electron chi connectivity index (χ2n) is 13.7. The summed E-state index contributed by atoms with van der Waals surface area (Å²) in [6.07, 6.45) is 3.22. The largest absolute Gasteiger partial charge is 0.385 e. The number of piperidine rings is 1. The summed E-state index contributed by atoms with van der Waals surface area (Å²) in [5.74, 6) is -2.70. The molecule has 1 aliphatic carbocycles. The summed E-state index contributed by atoms with van der Waals surface area (Å²) in [6.45, 7) is 5.93. The molecule has 2 heterocycles. The number of benzene rings is 1. The summed E-state index contributed by atoms with van der Waals surface area (Å²) in [6, 6.07) is 5.84. The normalized spacial score (nSPS) is 22.0. The standard InChI is InChI=1S/C29H46B2ClF2N5O4S/c1-27(7-9-28(33,34)10-8-27)18-25(40)36-20-26(41)37-13-15-38(16-14-37)29(30,31)23-17-22(32)3-4-24(23)35-19-21-5-11-39(12-6-21)44(2,42)43/h3-4,17,21,35H,5-16,18-20,30-31H2,1-2H3,(H,36,40). The first-order valence-corrected chi connectivity index (χ1v) is 17.9. The monoisotopic (exact) mass is 655 g/mol. The van der Waals surface area contributed by atoms with Crippen LogP contribution in [0.5, 0.6) is 0 Å². The first-order valence-electron chi connectivity index (χ1n) is 15.6. The maximum absolute atomic E-state index is 13.5. The van der Waals surface area contributed by atoms with E-state index in [0.29, 0.717) is 63.1 Å². The van der Waals surface area contributed by atoms with Crippen molar-refractivity contribution < 1.29 is 26.8 Å². The van der Waals surface area contributed by atoms with E-state index in [1.54, 1.807) is 9.21 Å². The number of rotatable bonds is 10. The van der Waals surface area contributed by atoms with Gasteiger partial charge in [0.2, 0.25) is 27.8 Å². The van der Waals surface area contributed by atoms with Crippen LogP contribution in [0.3, 0.4) is 0 Å². The van der Waals surface area contributed by atoms with Crippen LogP contribution in [0.25, 0.3) is 0 Å². The van der Waals surface area contributed by atoms with E-state index in [9.17, 15) is 26.8 Å². The molecule has 1 saturated carbocycles. The highest BCUT2D eigenvalue weighted by molar-refractivity contribution is 7.88. The Labute approximate surface area is 267 Å². The molecule has 0 aromatic heterocycles. The summed E-state index contributed by atoms with van der Waals surface area (Å²) >= 11 is 6.45. The molecule has 1 aromatic carbocycles. The predicted octanol–water partition coefficient (Wildman–Crippen LogP) is 1.67. The van der Waals surface area contributed by atoms with E-state index in [-0.39, 0.29) is 43.0 Å². The van der Waals surface area contributed by atoms with Crippen molar-refractivity contribution in [2.24, 2.45) is 11.3 Å². The van der Waals surface area contributed by atoms with E-state index in [1.165, 1.54) is 6.26 Å². The first-order chi connectivity index (χ1) is 20.5. The molecule has 0 atom stereocenters. The Kier molecular flexibility index (Phi) is 11.0. The summed E-state index contributed by atoms with van der Waals surface area (Å²) in [4.78, 5) is 29.6. The van der Waals surface area contributed by atoms with Crippen molar-refractivity contribution in [3.05, 3.63) is 28.8 Å². The quantitative estimate of drug-likeness (QED) is 0.372. The van der Waals surface area contributed by atoms with Crippen molar-refractivity contribution in [3.8, 4) is 0 Å². The number of carbonyl (C=O) groups excluding carboxylic acids is 2. The van der Waals surface area contributed by atoms with Gasteiger partial charge in [-0.2, -0.15) is 0 Å². The van der Waals surface area contributed by atoms with E-state index in [4.69, 9.17) is 11.6 Å². The lowest BCUT2D eigenvalue weighted by Crippen LogP contribution is -2.58. The van der Waals surface area contributed by atoms with Gasteiger partial charge in [0, 0.05) is 75.8 Å². The van der Waals surface area contributed by atoms with Gasteiger partial charge in [-0.15, -0.1) is 0 Å². The lowest BCUT2D eigenvalue weighted by atomic mass is 9.56. The third-order valence-electron chi connectivity index (χ3n) is 9.90. The van der Waals surface area contributed by atoms with Crippen molar-refractivity contribution in [3.63, 3.8) is 0 Å². The molecule has 3 fully saturated rings. The molecule has 0 spiro atoms. The minimum atomic E-state index is -3.16. The fraction of sp³-hybridized carbons (Fsp3) is 0.724.